The third-order valence-electron chi connectivity index (χ3n) is 7.09. The van der Waals surface area contributed by atoms with E-state index < -0.39 is 5.25 Å². The van der Waals surface area contributed by atoms with Gasteiger partial charge >= 0.3 is 0 Å². The molecule has 4 aromatic rings. The zero-order valence-corrected chi connectivity index (χ0v) is 24.1. The number of nitrogens with zero attached hydrogens (tertiary/aromatic N) is 2. The second-order valence-corrected chi connectivity index (χ2v) is 11.4. The first-order valence-electron chi connectivity index (χ1n) is 13.9. The lowest BCUT2D eigenvalue weighted by Crippen LogP contribution is -2.31. The number of anilines is 1. The molecule has 0 saturated carbocycles. The van der Waals surface area contributed by atoms with Crippen LogP contribution in [0.1, 0.15) is 47.7 Å². The van der Waals surface area contributed by atoms with Crippen LogP contribution in [0.3, 0.4) is 0 Å². The van der Waals surface area contributed by atoms with Crippen molar-refractivity contribution < 1.29 is 14.3 Å². The molecular formula is C32H34N4O4S. The van der Waals surface area contributed by atoms with Crippen molar-refractivity contribution in [2.24, 2.45) is 0 Å². The van der Waals surface area contributed by atoms with E-state index in [0.717, 1.165) is 36.3 Å². The van der Waals surface area contributed by atoms with E-state index in [1.165, 1.54) is 11.8 Å². The second-order valence-electron chi connectivity index (χ2n) is 10.2. The number of amides is 2. The first kappa shape index (κ1) is 28.6. The topological polar surface area (TPSA) is 102 Å². The van der Waals surface area contributed by atoms with Gasteiger partial charge in [0.15, 0.2) is 5.16 Å². The lowest BCUT2D eigenvalue weighted by atomic mass is 10.1. The molecule has 5 rings (SSSR count). The molecule has 1 fully saturated rings. The Bertz CT molecular complexity index is 1600. The van der Waals surface area contributed by atoms with Crippen molar-refractivity contribution in [1.29, 1.82) is 0 Å². The highest BCUT2D eigenvalue weighted by Gasteiger charge is 2.23. The Morgan fingerprint density at radius 3 is 2.63 bits per heavy atom. The molecule has 3 aromatic carbocycles. The molecule has 1 aromatic heterocycles. The first-order chi connectivity index (χ1) is 19.9. The number of aromatic nitrogens is 2. The number of hydrogen-bond donors (Lipinski definition) is 2. The van der Waals surface area contributed by atoms with E-state index in [2.05, 4.69) is 10.6 Å². The minimum atomic E-state index is -0.454. The maximum absolute atomic E-state index is 13.6. The number of carbonyl (C=O) groups is 2. The van der Waals surface area contributed by atoms with Crippen molar-refractivity contribution in [3.05, 3.63) is 99.8 Å². The highest BCUT2D eigenvalue weighted by molar-refractivity contribution is 8.00. The number of aryl methyl sites for hydroxylation is 1. The summed E-state index contributed by atoms with van der Waals surface area (Å²) in [7, 11) is 0. The standard InChI is InChI=1S/C32H34N4O4S/c1-3-28(30(38)34-24-9-6-8-21(2)18-24)41-32-35-27-12-5-4-11-26(27)31(39)36(32)20-22-13-15-23(16-14-22)29(37)33-19-25-10-7-17-40-25/h4-6,8-9,11-16,18,25,28H,3,7,10,17,19-20H2,1-2H3,(H,33,37)(H,34,38)/t25-,28+/m1/s1. The second kappa shape index (κ2) is 13.1. The van der Waals surface area contributed by atoms with Gasteiger partial charge in [-0.15, -0.1) is 0 Å². The molecule has 0 bridgehead atoms. The average molecular weight is 571 g/mol. The van der Waals surface area contributed by atoms with Crippen LogP contribution in [0.2, 0.25) is 0 Å². The van der Waals surface area contributed by atoms with Crippen LogP contribution >= 0.6 is 11.8 Å². The minimum Gasteiger partial charge on any atom is -0.376 e. The summed E-state index contributed by atoms with van der Waals surface area (Å²) in [6.07, 6.45) is 2.61. The Hall–Kier alpha value is -3.95. The van der Waals surface area contributed by atoms with Gasteiger partial charge in [-0.3, -0.25) is 19.0 Å². The zero-order chi connectivity index (χ0) is 28.8. The molecule has 2 heterocycles. The third kappa shape index (κ3) is 7.04. The number of rotatable bonds is 10. The maximum Gasteiger partial charge on any atom is 0.262 e. The largest absolute Gasteiger partial charge is 0.376 e. The number of hydrogen-bond acceptors (Lipinski definition) is 6. The predicted molar refractivity (Wildman–Crippen MR) is 163 cm³/mol. The van der Waals surface area contributed by atoms with Crippen LogP contribution in [0.4, 0.5) is 5.69 Å². The first-order valence-corrected chi connectivity index (χ1v) is 14.8. The van der Waals surface area contributed by atoms with Crippen molar-refractivity contribution in [3.63, 3.8) is 0 Å². The van der Waals surface area contributed by atoms with Gasteiger partial charge in [0.05, 0.1) is 28.8 Å². The van der Waals surface area contributed by atoms with Crippen molar-refractivity contribution in [3.8, 4) is 0 Å². The van der Waals surface area contributed by atoms with Gasteiger partial charge in [-0.2, -0.15) is 0 Å². The summed E-state index contributed by atoms with van der Waals surface area (Å²) in [6.45, 7) is 5.42. The molecule has 0 aliphatic carbocycles. The number of para-hydroxylation sites is 1. The lowest BCUT2D eigenvalue weighted by molar-refractivity contribution is -0.115. The molecule has 9 heteroatoms. The van der Waals surface area contributed by atoms with Gasteiger partial charge in [0.1, 0.15) is 0 Å². The molecule has 2 N–H and O–H groups in total. The Balaban J connectivity index is 1.37. The monoisotopic (exact) mass is 570 g/mol. The van der Waals surface area contributed by atoms with E-state index in [1.807, 2.05) is 68.4 Å². The smallest absolute Gasteiger partial charge is 0.262 e. The summed E-state index contributed by atoms with van der Waals surface area (Å²) in [6, 6.07) is 22.1. The predicted octanol–water partition coefficient (Wildman–Crippen LogP) is 5.17. The van der Waals surface area contributed by atoms with Gasteiger partial charge in [-0.25, -0.2) is 4.98 Å². The van der Waals surface area contributed by atoms with E-state index in [1.54, 1.807) is 22.8 Å². The van der Waals surface area contributed by atoms with E-state index in [-0.39, 0.29) is 30.0 Å². The number of thioether (sulfide) groups is 1. The summed E-state index contributed by atoms with van der Waals surface area (Å²) < 4.78 is 7.20. The zero-order valence-electron chi connectivity index (χ0n) is 23.3. The van der Waals surface area contributed by atoms with E-state index in [4.69, 9.17) is 9.72 Å². The van der Waals surface area contributed by atoms with E-state index in [9.17, 15) is 14.4 Å². The van der Waals surface area contributed by atoms with Gasteiger partial charge in [0, 0.05) is 24.4 Å². The number of ether oxygens (including phenoxy) is 1. The fraction of sp³-hybridized carbons (Fsp3) is 0.312. The average Bonchev–Trinajstić information content (AvgIpc) is 3.50. The van der Waals surface area contributed by atoms with Crippen molar-refractivity contribution in [2.45, 2.75) is 56.2 Å². The van der Waals surface area contributed by atoms with E-state index in [0.29, 0.717) is 34.6 Å². The molecule has 0 spiro atoms. The molecule has 1 aliphatic heterocycles. The summed E-state index contributed by atoms with van der Waals surface area (Å²) in [5.41, 5.74) is 3.59. The van der Waals surface area contributed by atoms with Crippen LogP contribution in [0.5, 0.6) is 0 Å². The van der Waals surface area contributed by atoms with Gasteiger partial charge in [0.2, 0.25) is 5.91 Å². The lowest BCUT2D eigenvalue weighted by Gasteiger charge is -2.18. The molecule has 0 radical (unpaired) electrons. The quantitative estimate of drug-likeness (QED) is 0.201. The van der Waals surface area contributed by atoms with Gasteiger partial charge in [0.25, 0.3) is 11.5 Å². The molecular weight excluding hydrogens is 536 g/mol. The summed E-state index contributed by atoms with van der Waals surface area (Å²) >= 11 is 1.29. The van der Waals surface area contributed by atoms with Crippen LogP contribution in [0.25, 0.3) is 10.9 Å². The molecule has 0 unspecified atom stereocenters. The van der Waals surface area contributed by atoms with Crippen molar-refractivity contribution in [1.82, 2.24) is 14.9 Å². The fourth-order valence-corrected chi connectivity index (χ4v) is 5.84. The van der Waals surface area contributed by atoms with Gasteiger partial charge < -0.3 is 15.4 Å². The Labute approximate surface area is 243 Å². The Morgan fingerprint density at radius 1 is 1.10 bits per heavy atom. The summed E-state index contributed by atoms with van der Waals surface area (Å²) in [5.74, 6) is -0.298. The molecule has 41 heavy (non-hydrogen) atoms. The molecule has 1 aliphatic rings. The third-order valence-corrected chi connectivity index (χ3v) is 8.45. The van der Waals surface area contributed by atoms with Crippen molar-refractivity contribution >= 4 is 40.2 Å². The van der Waals surface area contributed by atoms with Crippen LogP contribution < -0.4 is 16.2 Å². The molecule has 2 amide bonds. The fourth-order valence-electron chi connectivity index (χ4n) is 4.83. The van der Waals surface area contributed by atoms with Crippen LogP contribution in [0, 0.1) is 6.92 Å². The highest BCUT2D eigenvalue weighted by Crippen LogP contribution is 2.27. The van der Waals surface area contributed by atoms with Crippen LogP contribution in [-0.4, -0.2) is 45.9 Å². The number of benzene rings is 3. The van der Waals surface area contributed by atoms with E-state index >= 15 is 0 Å². The normalized spacial score (nSPS) is 15.5. The minimum absolute atomic E-state index is 0.0762. The Kier molecular flexibility index (Phi) is 9.16. The Morgan fingerprint density at radius 2 is 1.90 bits per heavy atom. The maximum atomic E-state index is 13.6. The van der Waals surface area contributed by atoms with Gasteiger partial charge in [-0.05, 0) is 73.7 Å². The van der Waals surface area contributed by atoms with Crippen molar-refractivity contribution in [2.75, 3.05) is 18.5 Å². The molecule has 212 valence electrons. The number of fused-ring (bicyclic) bond motifs is 1. The number of nitrogens with one attached hydrogen (secondary N) is 2. The number of carbonyl (C=O) groups excluding carboxylic acids is 2. The summed E-state index contributed by atoms with van der Waals surface area (Å²) in [5, 5.41) is 6.47. The van der Waals surface area contributed by atoms with Crippen LogP contribution in [0.15, 0.2) is 82.7 Å². The van der Waals surface area contributed by atoms with Gasteiger partial charge in [-0.1, -0.05) is 55.1 Å². The molecule has 1 saturated heterocycles. The SMILES string of the molecule is CC[C@H](Sc1nc2ccccc2c(=O)n1Cc1ccc(C(=O)NC[C@H]2CCCO2)cc1)C(=O)Nc1cccc(C)c1. The van der Waals surface area contributed by atoms with Crippen LogP contribution in [-0.2, 0) is 16.1 Å². The highest BCUT2D eigenvalue weighted by atomic mass is 32.2. The molecule has 2 atom stereocenters. The molecule has 8 nitrogen and oxygen atoms in total. The summed E-state index contributed by atoms with van der Waals surface area (Å²) in [4.78, 5) is 44.3.